The molecule has 1 aromatic heterocycles. The molecule has 1 heterocycles. The molecule has 128 valence electrons. The Balaban J connectivity index is 2.48. The van der Waals surface area contributed by atoms with E-state index in [1.54, 1.807) is 7.05 Å². The maximum absolute atomic E-state index is 12.9. The smallest absolute Gasteiger partial charge is 0.388 e. The van der Waals surface area contributed by atoms with Crippen LogP contribution in [0, 0.1) is 12.3 Å². The van der Waals surface area contributed by atoms with Gasteiger partial charge in [0.2, 0.25) is 5.95 Å². The molecule has 0 bridgehead atoms. The van der Waals surface area contributed by atoms with Crippen molar-refractivity contribution in [2.75, 3.05) is 30.0 Å². The molecule has 4 N–H and O–H groups in total. The number of nitrogens with zero attached hydrogens (tertiary/aromatic N) is 2. The van der Waals surface area contributed by atoms with Crippen molar-refractivity contribution in [2.24, 2.45) is 0 Å². The van der Waals surface area contributed by atoms with E-state index in [4.69, 9.17) is 5.41 Å². The third-order valence-corrected chi connectivity index (χ3v) is 3.44. The normalized spacial score (nSPS) is 11.1. The van der Waals surface area contributed by atoms with Gasteiger partial charge in [-0.25, -0.2) is 4.98 Å². The van der Waals surface area contributed by atoms with Gasteiger partial charge in [0.05, 0.1) is 5.69 Å². The number of aryl methyl sites for hydroxylation is 1. The van der Waals surface area contributed by atoms with Crippen LogP contribution < -0.4 is 16.0 Å². The fourth-order valence-corrected chi connectivity index (χ4v) is 2.21. The highest BCUT2D eigenvalue weighted by Crippen LogP contribution is 2.34. The summed E-state index contributed by atoms with van der Waals surface area (Å²) >= 11 is 0. The summed E-state index contributed by atoms with van der Waals surface area (Å²) in [6.45, 7) is 1.82. The van der Waals surface area contributed by atoms with E-state index in [-0.39, 0.29) is 11.8 Å². The fraction of sp³-hybridized carbons (Fsp3) is 0.267. The van der Waals surface area contributed by atoms with Crippen LogP contribution in [0.2, 0.25) is 0 Å². The van der Waals surface area contributed by atoms with Gasteiger partial charge in [-0.15, -0.1) is 0 Å². The van der Waals surface area contributed by atoms with E-state index in [0.29, 0.717) is 16.9 Å². The fourth-order valence-electron chi connectivity index (χ4n) is 2.21. The second-order valence-electron chi connectivity index (χ2n) is 4.94. The van der Waals surface area contributed by atoms with Crippen molar-refractivity contribution in [1.82, 2.24) is 9.97 Å². The minimum absolute atomic E-state index is 0.00630. The van der Waals surface area contributed by atoms with Crippen LogP contribution in [0.3, 0.4) is 0 Å². The minimum atomic E-state index is -4.54. The SMILES string of the molecule is CNc1ccc(C)c(Nc2ncc(C(F)(F)F)c(NC)n2)c1C=N. The van der Waals surface area contributed by atoms with Crippen molar-refractivity contribution in [1.29, 1.82) is 5.41 Å². The number of hydrogen-bond donors (Lipinski definition) is 4. The zero-order valence-corrected chi connectivity index (χ0v) is 13.3. The molecule has 0 aliphatic carbocycles. The average Bonchev–Trinajstić information content (AvgIpc) is 2.55. The first-order valence-corrected chi connectivity index (χ1v) is 7.02. The van der Waals surface area contributed by atoms with Crippen molar-refractivity contribution in [2.45, 2.75) is 13.1 Å². The molecule has 1 aromatic carbocycles. The number of benzene rings is 1. The average molecular weight is 338 g/mol. The van der Waals surface area contributed by atoms with Gasteiger partial charge in [-0.2, -0.15) is 18.2 Å². The zero-order valence-electron chi connectivity index (χ0n) is 13.3. The Morgan fingerprint density at radius 2 is 1.88 bits per heavy atom. The van der Waals surface area contributed by atoms with Gasteiger partial charge in [-0.3, -0.25) is 0 Å². The first kappa shape index (κ1) is 17.5. The quantitative estimate of drug-likeness (QED) is 0.626. The standard InChI is InChI=1S/C15H17F3N6/c1-8-4-5-11(20-2)9(6-19)12(8)23-14-22-7-10(15(16,17)18)13(21-3)24-14/h4-7,19-20H,1-3H3,(H2,21,22,23,24). The molecule has 0 saturated heterocycles. The van der Waals surface area contributed by atoms with E-state index >= 15 is 0 Å². The molecule has 0 spiro atoms. The molecule has 0 atom stereocenters. The molecule has 9 heteroatoms. The first-order valence-electron chi connectivity index (χ1n) is 7.02. The van der Waals surface area contributed by atoms with Gasteiger partial charge in [0.25, 0.3) is 0 Å². The third kappa shape index (κ3) is 3.39. The van der Waals surface area contributed by atoms with Gasteiger partial charge in [0.1, 0.15) is 11.4 Å². The number of rotatable bonds is 5. The molecular formula is C15H17F3N6. The van der Waals surface area contributed by atoms with E-state index < -0.39 is 11.7 Å². The highest BCUT2D eigenvalue weighted by Gasteiger charge is 2.35. The molecule has 0 unspecified atom stereocenters. The summed E-state index contributed by atoms with van der Waals surface area (Å²) in [4.78, 5) is 7.62. The van der Waals surface area contributed by atoms with Crippen molar-refractivity contribution in [3.63, 3.8) is 0 Å². The predicted octanol–water partition coefficient (Wildman–Crippen LogP) is 3.63. The van der Waals surface area contributed by atoms with Gasteiger partial charge in [-0.05, 0) is 18.6 Å². The third-order valence-electron chi connectivity index (χ3n) is 3.44. The second kappa shape index (κ2) is 6.73. The Morgan fingerprint density at radius 3 is 2.42 bits per heavy atom. The van der Waals surface area contributed by atoms with Gasteiger partial charge in [-0.1, -0.05) is 6.07 Å². The molecule has 0 saturated carbocycles. The second-order valence-corrected chi connectivity index (χ2v) is 4.94. The van der Waals surface area contributed by atoms with Crippen molar-refractivity contribution in [3.05, 3.63) is 35.0 Å². The molecule has 2 rings (SSSR count). The number of alkyl halides is 3. The highest BCUT2D eigenvalue weighted by molar-refractivity contribution is 5.95. The maximum atomic E-state index is 12.9. The van der Waals surface area contributed by atoms with Crippen molar-refractivity contribution < 1.29 is 13.2 Å². The van der Waals surface area contributed by atoms with E-state index in [1.165, 1.54) is 7.05 Å². The minimum Gasteiger partial charge on any atom is -0.388 e. The number of halogens is 3. The summed E-state index contributed by atoms with van der Waals surface area (Å²) in [5, 5.41) is 15.9. The summed E-state index contributed by atoms with van der Waals surface area (Å²) in [7, 11) is 3.08. The van der Waals surface area contributed by atoms with Crippen LogP contribution in [0.5, 0.6) is 0 Å². The molecule has 0 aliphatic rings. The summed E-state index contributed by atoms with van der Waals surface area (Å²) < 4.78 is 38.7. The van der Waals surface area contributed by atoms with Gasteiger partial charge < -0.3 is 21.4 Å². The van der Waals surface area contributed by atoms with E-state index in [9.17, 15) is 13.2 Å². The molecule has 0 radical (unpaired) electrons. The van der Waals surface area contributed by atoms with Crippen LogP contribution in [0.1, 0.15) is 16.7 Å². The molecule has 0 amide bonds. The molecular weight excluding hydrogens is 321 g/mol. The molecule has 24 heavy (non-hydrogen) atoms. The Kier molecular flexibility index (Phi) is 4.91. The first-order chi connectivity index (χ1) is 11.3. The van der Waals surface area contributed by atoms with Crippen LogP contribution in [0.4, 0.5) is 36.3 Å². The van der Waals surface area contributed by atoms with Crippen LogP contribution >= 0.6 is 0 Å². The van der Waals surface area contributed by atoms with Crippen LogP contribution in [0.25, 0.3) is 0 Å². The summed E-state index contributed by atoms with van der Waals surface area (Å²) in [6.07, 6.45) is -2.66. The number of hydrogen-bond acceptors (Lipinski definition) is 6. The largest absolute Gasteiger partial charge is 0.421 e. The Morgan fingerprint density at radius 1 is 1.17 bits per heavy atom. The Hall–Kier alpha value is -2.84. The van der Waals surface area contributed by atoms with Crippen LogP contribution in [0.15, 0.2) is 18.3 Å². The maximum Gasteiger partial charge on any atom is 0.421 e. The van der Waals surface area contributed by atoms with E-state index in [1.807, 2.05) is 19.1 Å². The number of anilines is 4. The number of aromatic nitrogens is 2. The van der Waals surface area contributed by atoms with E-state index in [2.05, 4.69) is 25.9 Å². The Bertz CT molecular complexity index is 758. The van der Waals surface area contributed by atoms with Crippen LogP contribution in [-0.4, -0.2) is 30.3 Å². The lowest BCUT2D eigenvalue weighted by Crippen LogP contribution is -2.13. The highest BCUT2D eigenvalue weighted by atomic mass is 19.4. The topological polar surface area (TPSA) is 85.7 Å². The molecule has 6 nitrogen and oxygen atoms in total. The van der Waals surface area contributed by atoms with Crippen LogP contribution in [-0.2, 0) is 6.18 Å². The Labute approximate surface area is 137 Å². The monoisotopic (exact) mass is 338 g/mol. The lowest BCUT2D eigenvalue weighted by atomic mass is 10.1. The lowest BCUT2D eigenvalue weighted by Gasteiger charge is -2.16. The van der Waals surface area contributed by atoms with Crippen molar-refractivity contribution >= 4 is 29.4 Å². The van der Waals surface area contributed by atoms with Gasteiger partial charge in [0, 0.05) is 37.8 Å². The summed E-state index contributed by atoms with van der Waals surface area (Å²) in [5.41, 5.74) is 1.69. The molecule has 0 fully saturated rings. The lowest BCUT2D eigenvalue weighted by molar-refractivity contribution is -0.137. The zero-order chi connectivity index (χ0) is 17.9. The summed E-state index contributed by atoms with van der Waals surface area (Å²) in [6, 6.07) is 3.64. The van der Waals surface area contributed by atoms with Gasteiger partial charge >= 0.3 is 6.18 Å². The molecule has 2 aromatic rings. The predicted molar refractivity (Wildman–Crippen MR) is 88.5 cm³/mol. The van der Waals surface area contributed by atoms with E-state index in [0.717, 1.165) is 18.0 Å². The molecule has 0 aliphatic heterocycles. The number of nitrogens with one attached hydrogen (secondary N) is 4. The van der Waals surface area contributed by atoms with Gasteiger partial charge in [0.15, 0.2) is 0 Å². The summed E-state index contributed by atoms with van der Waals surface area (Å²) in [5.74, 6) is -0.314. The van der Waals surface area contributed by atoms with Crippen molar-refractivity contribution in [3.8, 4) is 0 Å².